The van der Waals surface area contributed by atoms with Crippen LogP contribution >= 0.6 is 0 Å². The van der Waals surface area contributed by atoms with Gasteiger partial charge in [0.1, 0.15) is 0 Å². The van der Waals surface area contributed by atoms with Gasteiger partial charge in [0.15, 0.2) is 0 Å². The first-order valence-electron chi connectivity index (χ1n) is 6.75. The number of nitrogens with two attached hydrogens (primary N) is 1. The van der Waals surface area contributed by atoms with Gasteiger partial charge in [0.05, 0.1) is 5.41 Å². The maximum atomic E-state index is 11.7. The average molecular weight is 270 g/mol. The number of carbonyl (C=O) groups excluding carboxylic acids is 2. The second-order valence-corrected chi connectivity index (χ2v) is 5.24. The molecule has 0 saturated heterocycles. The van der Waals surface area contributed by atoms with E-state index in [4.69, 9.17) is 5.73 Å². The summed E-state index contributed by atoms with van der Waals surface area (Å²) in [5.41, 5.74) is 4.14. The van der Waals surface area contributed by atoms with Gasteiger partial charge in [-0.3, -0.25) is 14.4 Å². The molecule has 4 N–H and O–H groups in total. The van der Waals surface area contributed by atoms with Crippen molar-refractivity contribution in [3.05, 3.63) is 0 Å². The fraction of sp³-hybridized carbons (Fsp3) is 0.769. The van der Waals surface area contributed by atoms with Crippen LogP contribution in [0.25, 0.3) is 0 Å². The maximum absolute atomic E-state index is 11.7. The van der Waals surface area contributed by atoms with Crippen LogP contribution < -0.4 is 11.1 Å². The minimum Gasteiger partial charge on any atom is -0.481 e. The second kappa shape index (κ2) is 7.11. The number of carboxylic acids is 1. The minimum atomic E-state index is -0.867. The lowest BCUT2D eigenvalue weighted by Gasteiger charge is -2.22. The number of carboxylic acid groups (broad SMARTS) is 1. The monoisotopic (exact) mass is 270 g/mol. The van der Waals surface area contributed by atoms with Crippen LogP contribution in [0.3, 0.4) is 0 Å². The third-order valence-electron chi connectivity index (χ3n) is 3.69. The van der Waals surface area contributed by atoms with E-state index in [1.165, 1.54) is 0 Å². The number of unbranched alkanes of at least 4 members (excludes halogenated alkanes) is 1. The van der Waals surface area contributed by atoms with Crippen LogP contribution in [0.1, 0.15) is 51.4 Å². The van der Waals surface area contributed by atoms with Crippen molar-refractivity contribution in [1.82, 2.24) is 5.32 Å². The van der Waals surface area contributed by atoms with E-state index < -0.39 is 11.4 Å². The molecule has 1 rings (SSSR count). The lowest BCUT2D eigenvalue weighted by molar-refractivity contribution is -0.151. The summed E-state index contributed by atoms with van der Waals surface area (Å²) in [7, 11) is 0. The molecule has 0 aromatic rings. The summed E-state index contributed by atoms with van der Waals surface area (Å²) < 4.78 is 0. The fourth-order valence-corrected chi connectivity index (χ4v) is 2.54. The Morgan fingerprint density at radius 2 is 1.79 bits per heavy atom. The Kier molecular flexibility index (Phi) is 5.79. The van der Waals surface area contributed by atoms with Gasteiger partial charge in [0, 0.05) is 19.4 Å². The third kappa shape index (κ3) is 4.89. The van der Waals surface area contributed by atoms with E-state index in [2.05, 4.69) is 5.32 Å². The van der Waals surface area contributed by atoms with E-state index in [1.807, 2.05) is 0 Å². The quantitative estimate of drug-likeness (QED) is 0.566. The van der Waals surface area contributed by atoms with Gasteiger partial charge in [-0.05, 0) is 25.7 Å². The number of carbonyl (C=O) groups is 3. The van der Waals surface area contributed by atoms with Gasteiger partial charge in [-0.15, -0.1) is 0 Å². The topological polar surface area (TPSA) is 109 Å². The van der Waals surface area contributed by atoms with Gasteiger partial charge in [0.2, 0.25) is 11.8 Å². The number of nitrogens with one attached hydrogen (secondary N) is 1. The average Bonchev–Trinajstić information content (AvgIpc) is 2.78. The van der Waals surface area contributed by atoms with Gasteiger partial charge in [0.25, 0.3) is 0 Å². The molecule has 0 aliphatic heterocycles. The van der Waals surface area contributed by atoms with Crippen LogP contribution in [0.5, 0.6) is 0 Å². The zero-order valence-corrected chi connectivity index (χ0v) is 11.1. The van der Waals surface area contributed by atoms with Crippen LogP contribution in [-0.4, -0.2) is 29.4 Å². The molecule has 0 spiro atoms. The molecule has 0 bridgehead atoms. The minimum absolute atomic E-state index is 0.0537. The highest BCUT2D eigenvalue weighted by Gasteiger charge is 2.42. The normalized spacial score (nSPS) is 17.1. The molecule has 1 saturated carbocycles. The summed E-state index contributed by atoms with van der Waals surface area (Å²) in [6, 6.07) is 0. The van der Waals surface area contributed by atoms with Crippen LogP contribution in [-0.2, 0) is 14.4 Å². The lowest BCUT2D eigenvalue weighted by Crippen LogP contribution is -2.36. The Morgan fingerprint density at radius 3 is 2.32 bits per heavy atom. The van der Waals surface area contributed by atoms with Crippen molar-refractivity contribution in [2.75, 3.05) is 6.54 Å². The molecule has 1 fully saturated rings. The molecule has 0 aromatic heterocycles. The lowest BCUT2D eigenvalue weighted by atomic mass is 9.82. The summed E-state index contributed by atoms with van der Waals surface area (Å²) in [5.74, 6) is -1.43. The zero-order chi connectivity index (χ0) is 14.3. The molecule has 19 heavy (non-hydrogen) atoms. The summed E-state index contributed by atoms with van der Waals surface area (Å²) in [5, 5.41) is 12.0. The summed E-state index contributed by atoms with van der Waals surface area (Å²) >= 11 is 0. The highest BCUT2D eigenvalue weighted by molar-refractivity contribution is 5.85. The standard InChI is InChI=1S/C13H22N2O4/c14-10(16)5-1-4-8-15-11(17)9-13(12(18)19)6-2-3-7-13/h1-9H2,(H2,14,16)(H,15,17)(H,18,19). The van der Waals surface area contributed by atoms with Crippen molar-refractivity contribution < 1.29 is 19.5 Å². The Balaban J connectivity index is 2.26. The highest BCUT2D eigenvalue weighted by atomic mass is 16.4. The summed E-state index contributed by atoms with van der Waals surface area (Å²) in [6.45, 7) is 0.460. The molecule has 6 heteroatoms. The first kappa shape index (κ1) is 15.5. The van der Waals surface area contributed by atoms with E-state index in [1.54, 1.807) is 0 Å². The fourth-order valence-electron chi connectivity index (χ4n) is 2.54. The van der Waals surface area contributed by atoms with Gasteiger partial charge in [-0.25, -0.2) is 0 Å². The zero-order valence-electron chi connectivity index (χ0n) is 11.1. The van der Waals surface area contributed by atoms with Crippen LogP contribution in [0.4, 0.5) is 0 Å². The van der Waals surface area contributed by atoms with Crippen molar-refractivity contribution in [2.24, 2.45) is 11.1 Å². The smallest absolute Gasteiger partial charge is 0.310 e. The number of amides is 2. The van der Waals surface area contributed by atoms with E-state index in [9.17, 15) is 19.5 Å². The predicted molar refractivity (Wildman–Crippen MR) is 69.2 cm³/mol. The number of hydrogen-bond donors (Lipinski definition) is 3. The van der Waals surface area contributed by atoms with Crippen molar-refractivity contribution in [3.63, 3.8) is 0 Å². The molecular formula is C13H22N2O4. The molecule has 1 aliphatic carbocycles. The Morgan fingerprint density at radius 1 is 1.16 bits per heavy atom. The van der Waals surface area contributed by atoms with Crippen LogP contribution in [0.15, 0.2) is 0 Å². The molecular weight excluding hydrogens is 248 g/mol. The van der Waals surface area contributed by atoms with Gasteiger partial charge < -0.3 is 16.2 Å². The third-order valence-corrected chi connectivity index (χ3v) is 3.69. The summed E-state index contributed by atoms with van der Waals surface area (Å²) in [6.07, 6.45) is 4.59. The molecule has 0 heterocycles. The predicted octanol–water partition coefficient (Wildman–Crippen LogP) is 0.793. The number of aliphatic carboxylic acids is 1. The van der Waals surface area contributed by atoms with Crippen molar-refractivity contribution >= 4 is 17.8 Å². The van der Waals surface area contributed by atoms with E-state index in [0.717, 1.165) is 12.8 Å². The number of hydrogen-bond acceptors (Lipinski definition) is 3. The van der Waals surface area contributed by atoms with Crippen LogP contribution in [0, 0.1) is 5.41 Å². The maximum Gasteiger partial charge on any atom is 0.310 e. The van der Waals surface area contributed by atoms with Crippen molar-refractivity contribution in [1.29, 1.82) is 0 Å². The van der Waals surface area contributed by atoms with Gasteiger partial charge in [-0.1, -0.05) is 12.8 Å². The Bertz CT molecular complexity index is 349. The molecule has 0 unspecified atom stereocenters. The number of primary amides is 1. The largest absolute Gasteiger partial charge is 0.481 e. The molecule has 0 radical (unpaired) electrons. The molecule has 6 nitrogen and oxygen atoms in total. The van der Waals surface area contributed by atoms with E-state index >= 15 is 0 Å². The van der Waals surface area contributed by atoms with Crippen molar-refractivity contribution in [3.8, 4) is 0 Å². The van der Waals surface area contributed by atoms with Gasteiger partial charge in [-0.2, -0.15) is 0 Å². The first-order valence-corrected chi connectivity index (χ1v) is 6.75. The molecule has 2 amide bonds. The summed E-state index contributed by atoms with van der Waals surface area (Å²) in [4.78, 5) is 33.5. The van der Waals surface area contributed by atoms with Gasteiger partial charge >= 0.3 is 5.97 Å². The van der Waals surface area contributed by atoms with Crippen molar-refractivity contribution in [2.45, 2.75) is 51.4 Å². The number of rotatable bonds is 8. The molecule has 0 atom stereocenters. The molecule has 1 aliphatic rings. The molecule has 0 aromatic carbocycles. The second-order valence-electron chi connectivity index (χ2n) is 5.24. The molecule has 108 valence electrons. The van der Waals surface area contributed by atoms with E-state index in [0.29, 0.717) is 38.6 Å². The van der Waals surface area contributed by atoms with E-state index in [-0.39, 0.29) is 18.2 Å². The Labute approximate surface area is 112 Å². The highest BCUT2D eigenvalue weighted by Crippen LogP contribution is 2.41. The van der Waals surface area contributed by atoms with Crippen LogP contribution in [0.2, 0.25) is 0 Å². The SMILES string of the molecule is NC(=O)CCCCNC(=O)CC1(C(=O)O)CCCC1. The Hall–Kier alpha value is -1.59. The first-order chi connectivity index (χ1) is 8.96.